The molecule has 0 amide bonds. The highest BCUT2D eigenvalue weighted by Gasteiger charge is 2.07. The molecule has 2 aromatic carbocycles. The molecule has 2 heteroatoms. The molecule has 2 rings (SSSR count). The number of benzene rings is 2. The Labute approximate surface area is 151 Å². The van der Waals surface area contributed by atoms with Crippen LogP contribution in [0.2, 0.25) is 0 Å². The molecule has 0 saturated heterocycles. The summed E-state index contributed by atoms with van der Waals surface area (Å²) in [6.07, 6.45) is 6.12. The molecule has 0 spiro atoms. The van der Waals surface area contributed by atoms with Crippen molar-refractivity contribution in [2.75, 3.05) is 12.3 Å². The molecule has 130 valence electrons. The second-order valence-electron chi connectivity index (χ2n) is 6.24. The topological polar surface area (TPSA) is 35.2 Å². The van der Waals surface area contributed by atoms with Gasteiger partial charge in [-0.05, 0) is 85.4 Å². The lowest BCUT2D eigenvalue weighted by Crippen LogP contribution is -2.01. The highest BCUT2D eigenvalue weighted by molar-refractivity contribution is 5.78. The van der Waals surface area contributed by atoms with Crippen molar-refractivity contribution >= 4 is 11.3 Å². The van der Waals surface area contributed by atoms with Gasteiger partial charge < -0.3 is 10.5 Å². The summed E-state index contributed by atoms with van der Waals surface area (Å²) in [7, 11) is 0. The molecule has 0 heterocycles. The lowest BCUT2D eigenvalue weighted by atomic mass is 9.94. The van der Waals surface area contributed by atoms with Crippen molar-refractivity contribution in [1.29, 1.82) is 0 Å². The van der Waals surface area contributed by atoms with Crippen LogP contribution in [0, 0.1) is 20.8 Å². The van der Waals surface area contributed by atoms with E-state index in [0.29, 0.717) is 6.61 Å². The van der Waals surface area contributed by atoms with Gasteiger partial charge in [0.25, 0.3) is 0 Å². The quantitative estimate of drug-likeness (QED) is 0.536. The van der Waals surface area contributed by atoms with Gasteiger partial charge >= 0.3 is 0 Å². The zero-order valence-electron chi connectivity index (χ0n) is 15.6. The zero-order valence-corrected chi connectivity index (χ0v) is 15.6. The Kier molecular flexibility index (Phi) is 6.24. The van der Waals surface area contributed by atoms with Crippen molar-refractivity contribution in [2.45, 2.75) is 27.7 Å². The summed E-state index contributed by atoms with van der Waals surface area (Å²) in [6, 6.07) is 12.1. The standard InChI is InChI=1S/C23H27NO/c1-6-19(15-25-21-11-12-22(24)18(5)13-21)14-20(7-2)23-16(3)9-8-10-17(23)4/h6-14H,1,15,24H2,2-5H3/b19-14+,20-7+. The lowest BCUT2D eigenvalue weighted by molar-refractivity contribution is 0.355. The fourth-order valence-electron chi connectivity index (χ4n) is 2.83. The molecule has 0 radical (unpaired) electrons. The van der Waals surface area contributed by atoms with Gasteiger partial charge in [-0.15, -0.1) is 0 Å². The van der Waals surface area contributed by atoms with Crippen LogP contribution in [0.5, 0.6) is 5.75 Å². The molecular formula is C23H27NO. The Morgan fingerprint density at radius 3 is 2.32 bits per heavy atom. The third-order valence-corrected chi connectivity index (χ3v) is 4.33. The zero-order chi connectivity index (χ0) is 18.4. The van der Waals surface area contributed by atoms with Gasteiger partial charge in [0.15, 0.2) is 0 Å². The van der Waals surface area contributed by atoms with Gasteiger partial charge in [0, 0.05) is 5.69 Å². The van der Waals surface area contributed by atoms with Crippen LogP contribution in [-0.2, 0) is 0 Å². The minimum atomic E-state index is 0.467. The first-order valence-electron chi connectivity index (χ1n) is 8.51. The maximum Gasteiger partial charge on any atom is 0.120 e. The molecule has 2 N–H and O–H groups in total. The average Bonchev–Trinajstić information content (AvgIpc) is 2.59. The van der Waals surface area contributed by atoms with Crippen LogP contribution in [0.1, 0.15) is 29.2 Å². The first kappa shape index (κ1) is 18.6. The Hall–Kier alpha value is -2.74. The van der Waals surface area contributed by atoms with Crippen LogP contribution in [0.4, 0.5) is 5.69 Å². The minimum Gasteiger partial charge on any atom is -0.489 e. The number of rotatable bonds is 6. The van der Waals surface area contributed by atoms with Gasteiger partial charge in [-0.3, -0.25) is 0 Å². The van der Waals surface area contributed by atoms with Gasteiger partial charge in [-0.25, -0.2) is 0 Å². The SMILES string of the molecule is C=C/C(=C\C(=C/C)c1c(C)cccc1C)COc1ccc(N)c(C)c1. The van der Waals surface area contributed by atoms with Crippen molar-refractivity contribution in [3.05, 3.63) is 89.0 Å². The summed E-state index contributed by atoms with van der Waals surface area (Å²) in [6.45, 7) is 12.7. The molecule has 0 saturated carbocycles. The van der Waals surface area contributed by atoms with E-state index in [1.165, 1.54) is 22.3 Å². The van der Waals surface area contributed by atoms with E-state index in [1.54, 1.807) is 0 Å². The predicted molar refractivity (Wildman–Crippen MR) is 109 cm³/mol. The van der Waals surface area contributed by atoms with Gasteiger partial charge in [0.2, 0.25) is 0 Å². The number of hydrogen-bond donors (Lipinski definition) is 1. The van der Waals surface area contributed by atoms with E-state index in [4.69, 9.17) is 10.5 Å². The highest BCUT2D eigenvalue weighted by Crippen LogP contribution is 2.26. The summed E-state index contributed by atoms with van der Waals surface area (Å²) >= 11 is 0. The van der Waals surface area contributed by atoms with Crippen molar-refractivity contribution in [3.63, 3.8) is 0 Å². The normalized spacial score (nSPS) is 12.2. The van der Waals surface area contributed by atoms with E-state index in [1.807, 2.05) is 31.2 Å². The van der Waals surface area contributed by atoms with Gasteiger partial charge in [-0.2, -0.15) is 0 Å². The van der Waals surface area contributed by atoms with E-state index in [9.17, 15) is 0 Å². The number of ether oxygens (including phenoxy) is 1. The molecule has 0 fully saturated rings. The van der Waals surface area contributed by atoms with E-state index < -0.39 is 0 Å². The Morgan fingerprint density at radius 1 is 1.08 bits per heavy atom. The second-order valence-corrected chi connectivity index (χ2v) is 6.24. The number of allylic oxidation sites excluding steroid dienone is 3. The molecule has 0 aromatic heterocycles. The van der Waals surface area contributed by atoms with Gasteiger partial charge in [0.05, 0.1) is 0 Å². The Balaban J connectivity index is 2.23. The fraction of sp³-hybridized carbons (Fsp3) is 0.217. The van der Waals surface area contributed by atoms with E-state index in [2.05, 4.69) is 57.7 Å². The molecular weight excluding hydrogens is 306 g/mol. The molecule has 0 unspecified atom stereocenters. The highest BCUT2D eigenvalue weighted by atomic mass is 16.5. The summed E-state index contributed by atoms with van der Waals surface area (Å²) in [5.41, 5.74) is 13.7. The molecule has 25 heavy (non-hydrogen) atoms. The first-order chi connectivity index (χ1) is 12.0. The summed E-state index contributed by atoms with van der Waals surface area (Å²) in [4.78, 5) is 0. The average molecular weight is 333 g/mol. The fourth-order valence-corrected chi connectivity index (χ4v) is 2.83. The number of nitrogens with two attached hydrogens (primary N) is 1. The molecule has 0 aliphatic carbocycles. The summed E-state index contributed by atoms with van der Waals surface area (Å²) < 4.78 is 5.91. The number of hydrogen-bond acceptors (Lipinski definition) is 2. The summed E-state index contributed by atoms with van der Waals surface area (Å²) in [5.74, 6) is 0.813. The third kappa shape index (κ3) is 4.63. The van der Waals surface area contributed by atoms with Crippen molar-refractivity contribution in [1.82, 2.24) is 0 Å². The van der Waals surface area contributed by atoms with Crippen LogP contribution >= 0.6 is 0 Å². The molecule has 0 aliphatic heterocycles. The maximum atomic E-state index is 5.91. The van der Waals surface area contributed by atoms with Crippen LogP contribution in [0.3, 0.4) is 0 Å². The van der Waals surface area contributed by atoms with Crippen LogP contribution < -0.4 is 10.5 Å². The minimum absolute atomic E-state index is 0.467. The molecule has 0 aliphatic rings. The van der Waals surface area contributed by atoms with Crippen LogP contribution in [-0.4, -0.2) is 6.61 Å². The molecule has 2 nitrogen and oxygen atoms in total. The Bertz CT molecular complexity index is 808. The van der Waals surface area contributed by atoms with Crippen LogP contribution in [0.25, 0.3) is 5.57 Å². The molecule has 2 aromatic rings. The first-order valence-corrected chi connectivity index (χ1v) is 8.51. The second kappa shape index (κ2) is 8.39. The van der Waals surface area contributed by atoms with E-state index in [0.717, 1.165) is 22.6 Å². The maximum absolute atomic E-state index is 5.91. The number of nitrogen functional groups attached to an aromatic ring is 1. The van der Waals surface area contributed by atoms with E-state index >= 15 is 0 Å². The third-order valence-electron chi connectivity index (χ3n) is 4.33. The van der Waals surface area contributed by atoms with E-state index in [-0.39, 0.29) is 0 Å². The monoisotopic (exact) mass is 333 g/mol. The largest absolute Gasteiger partial charge is 0.489 e. The predicted octanol–water partition coefficient (Wildman–Crippen LogP) is 5.79. The van der Waals surface area contributed by atoms with Crippen molar-refractivity contribution < 1.29 is 4.74 Å². The summed E-state index contributed by atoms with van der Waals surface area (Å²) in [5, 5.41) is 0. The lowest BCUT2D eigenvalue weighted by Gasteiger charge is -2.13. The van der Waals surface area contributed by atoms with Crippen LogP contribution in [0.15, 0.2) is 66.8 Å². The molecule has 0 bridgehead atoms. The number of anilines is 1. The van der Waals surface area contributed by atoms with Crippen molar-refractivity contribution in [3.8, 4) is 5.75 Å². The van der Waals surface area contributed by atoms with Gasteiger partial charge in [0.1, 0.15) is 12.4 Å². The van der Waals surface area contributed by atoms with Crippen molar-refractivity contribution in [2.24, 2.45) is 0 Å². The Morgan fingerprint density at radius 2 is 1.76 bits per heavy atom. The number of aryl methyl sites for hydroxylation is 3. The molecule has 0 atom stereocenters. The van der Waals surface area contributed by atoms with Gasteiger partial charge in [-0.1, -0.05) is 36.9 Å². The smallest absolute Gasteiger partial charge is 0.120 e.